The molecular weight excluding hydrogens is 388 g/mol. The van der Waals surface area contributed by atoms with Crippen LogP contribution in [0, 0.1) is 6.92 Å². The second-order valence-corrected chi connectivity index (χ2v) is 8.96. The van der Waals surface area contributed by atoms with E-state index in [4.69, 9.17) is 11.6 Å². The number of rotatable bonds is 4. The molecular formula is C22H31ClN4O2. The van der Waals surface area contributed by atoms with Crippen molar-refractivity contribution in [3.63, 3.8) is 0 Å². The van der Waals surface area contributed by atoms with Gasteiger partial charge in [0.15, 0.2) is 0 Å². The molecule has 1 aliphatic carbocycles. The van der Waals surface area contributed by atoms with Gasteiger partial charge in [-0.2, -0.15) is 0 Å². The summed E-state index contributed by atoms with van der Waals surface area (Å²) in [6.07, 6.45) is 4.00. The number of carbonyl (C=O) groups is 2. The number of hydrogen-bond acceptors (Lipinski definition) is 4. The zero-order valence-electron chi connectivity index (χ0n) is 17.3. The van der Waals surface area contributed by atoms with E-state index in [1.807, 2.05) is 28.9 Å². The molecule has 3 aliphatic rings. The minimum absolute atomic E-state index is 0.0169. The molecule has 0 aromatic heterocycles. The number of nitrogens with zero attached hydrogens (tertiary/aromatic N) is 4. The van der Waals surface area contributed by atoms with E-state index in [0.717, 1.165) is 50.9 Å². The Balaban J connectivity index is 1.23. The van der Waals surface area contributed by atoms with Gasteiger partial charge in [0.05, 0.1) is 17.1 Å². The maximum absolute atomic E-state index is 12.8. The lowest BCUT2D eigenvalue weighted by atomic mass is 9.91. The van der Waals surface area contributed by atoms with E-state index < -0.39 is 0 Å². The lowest BCUT2D eigenvalue weighted by Crippen LogP contribution is -2.56. The number of aryl methyl sites for hydroxylation is 1. The van der Waals surface area contributed by atoms with Crippen LogP contribution in [-0.4, -0.2) is 96.4 Å². The van der Waals surface area contributed by atoms with E-state index in [-0.39, 0.29) is 11.8 Å². The van der Waals surface area contributed by atoms with Crippen LogP contribution in [0.1, 0.15) is 35.2 Å². The van der Waals surface area contributed by atoms with Crippen molar-refractivity contribution in [3.05, 3.63) is 34.3 Å². The first-order valence-corrected chi connectivity index (χ1v) is 11.2. The fourth-order valence-electron chi connectivity index (χ4n) is 4.46. The zero-order chi connectivity index (χ0) is 20.4. The van der Waals surface area contributed by atoms with Gasteiger partial charge in [0.25, 0.3) is 5.91 Å². The van der Waals surface area contributed by atoms with Crippen molar-refractivity contribution in [2.75, 3.05) is 58.9 Å². The molecule has 1 saturated carbocycles. The first kappa shape index (κ1) is 20.6. The van der Waals surface area contributed by atoms with Crippen molar-refractivity contribution in [2.24, 2.45) is 0 Å². The highest BCUT2D eigenvalue weighted by atomic mass is 35.5. The first-order valence-electron chi connectivity index (χ1n) is 10.8. The van der Waals surface area contributed by atoms with Gasteiger partial charge < -0.3 is 9.80 Å². The third-order valence-corrected chi connectivity index (χ3v) is 6.96. The van der Waals surface area contributed by atoms with Gasteiger partial charge in [-0.25, -0.2) is 0 Å². The Morgan fingerprint density at radius 1 is 0.966 bits per heavy atom. The highest BCUT2D eigenvalue weighted by Gasteiger charge is 2.30. The fourth-order valence-corrected chi connectivity index (χ4v) is 4.66. The van der Waals surface area contributed by atoms with Gasteiger partial charge in [-0.3, -0.25) is 19.4 Å². The molecule has 2 heterocycles. The average Bonchev–Trinajstić information content (AvgIpc) is 2.69. The van der Waals surface area contributed by atoms with Gasteiger partial charge in [0.1, 0.15) is 0 Å². The van der Waals surface area contributed by atoms with Gasteiger partial charge in [-0.05, 0) is 31.9 Å². The summed E-state index contributed by atoms with van der Waals surface area (Å²) in [5.41, 5.74) is 1.60. The van der Waals surface area contributed by atoms with Gasteiger partial charge in [0.2, 0.25) is 5.91 Å². The monoisotopic (exact) mass is 418 g/mol. The third kappa shape index (κ3) is 4.76. The quantitative estimate of drug-likeness (QED) is 0.751. The molecule has 0 atom stereocenters. The van der Waals surface area contributed by atoms with Gasteiger partial charge in [-0.1, -0.05) is 29.7 Å². The van der Waals surface area contributed by atoms with Gasteiger partial charge in [0, 0.05) is 58.4 Å². The molecule has 7 heteroatoms. The minimum atomic E-state index is -0.0169. The van der Waals surface area contributed by atoms with Crippen LogP contribution in [0.15, 0.2) is 18.2 Å². The largest absolute Gasteiger partial charge is 0.339 e. The van der Waals surface area contributed by atoms with E-state index in [9.17, 15) is 9.59 Å². The Labute approximate surface area is 178 Å². The van der Waals surface area contributed by atoms with Gasteiger partial charge in [-0.15, -0.1) is 0 Å². The van der Waals surface area contributed by atoms with Crippen LogP contribution < -0.4 is 0 Å². The molecule has 6 nitrogen and oxygen atoms in total. The fraction of sp³-hybridized carbons (Fsp3) is 0.636. The summed E-state index contributed by atoms with van der Waals surface area (Å²) in [5.74, 6) is 0.205. The van der Waals surface area contributed by atoms with E-state index in [1.165, 1.54) is 19.3 Å². The molecule has 3 fully saturated rings. The Morgan fingerprint density at radius 3 is 2.24 bits per heavy atom. The maximum atomic E-state index is 12.8. The minimum Gasteiger partial charge on any atom is -0.339 e. The summed E-state index contributed by atoms with van der Waals surface area (Å²) < 4.78 is 0. The van der Waals surface area contributed by atoms with Crippen molar-refractivity contribution in [1.82, 2.24) is 19.6 Å². The summed E-state index contributed by atoms with van der Waals surface area (Å²) in [5, 5.41) is 0.499. The molecule has 1 aromatic carbocycles. The smallest absolute Gasteiger partial charge is 0.255 e. The van der Waals surface area contributed by atoms with Crippen LogP contribution >= 0.6 is 11.6 Å². The Morgan fingerprint density at radius 2 is 1.62 bits per heavy atom. The summed E-state index contributed by atoms with van der Waals surface area (Å²) in [6, 6.07) is 6.31. The highest BCUT2D eigenvalue weighted by molar-refractivity contribution is 6.33. The number of benzene rings is 1. The zero-order valence-corrected chi connectivity index (χ0v) is 18.0. The van der Waals surface area contributed by atoms with Crippen LogP contribution in [0.4, 0.5) is 0 Å². The topological polar surface area (TPSA) is 47.1 Å². The van der Waals surface area contributed by atoms with Crippen LogP contribution in [-0.2, 0) is 4.79 Å². The van der Waals surface area contributed by atoms with Crippen molar-refractivity contribution in [3.8, 4) is 0 Å². The molecule has 2 aliphatic heterocycles. The van der Waals surface area contributed by atoms with Gasteiger partial charge >= 0.3 is 0 Å². The molecule has 0 unspecified atom stereocenters. The number of amides is 2. The predicted molar refractivity (Wildman–Crippen MR) is 114 cm³/mol. The van der Waals surface area contributed by atoms with Crippen molar-refractivity contribution in [2.45, 2.75) is 32.2 Å². The maximum Gasteiger partial charge on any atom is 0.255 e. The second-order valence-electron chi connectivity index (χ2n) is 8.55. The Bertz CT molecular complexity index is 751. The molecule has 0 spiro atoms. The summed E-state index contributed by atoms with van der Waals surface area (Å²) >= 11 is 6.22. The van der Waals surface area contributed by atoms with E-state index in [0.29, 0.717) is 30.2 Å². The summed E-state index contributed by atoms with van der Waals surface area (Å²) in [7, 11) is 0. The normalized spacial score (nSPS) is 21.9. The number of hydrogen-bond donors (Lipinski definition) is 0. The van der Waals surface area contributed by atoms with Crippen LogP contribution in [0.2, 0.25) is 5.02 Å². The molecule has 1 aromatic rings. The van der Waals surface area contributed by atoms with E-state index in [1.54, 1.807) is 6.07 Å². The molecule has 158 valence electrons. The SMILES string of the molecule is Cc1ccc(Cl)c(C(=O)N2CCN(CC(=O)N3CCN(C4CCC4)CC3)CC2)c1. The summed E-state index contributed by atoms with van der Waals surface area (Å²) in [6.45, 7) is 8.84. The van der Waals surface area contributed by atoms with Crippen LogP contribution in [0.5, 0.6) is 0 Å². The second kappa shape index (κ2) is 9.02. The number of carbonyl (C=O) groups excluding carboxylic acids is 2. The molecule has 0 N–H and O–H groups in total. The first-order chi connectivity index (χ1) is 14.0. The van der Waals surface area contributed by atoms with Crippen LogP contribution in [0.3, 0.4) is 0 Å². The van der Waals surface area contributed by atoms with Crippen molar-refractivity contribution < 1.29 is 9.59 Å². The van der Waals surface area contributed by atoms with Crippen LogP contribution in [0.25, 0.3) is 0 Å². The number of piperazine rings is 2. The molecule has 0 radical (unpaired) electrons. The molecule has 2 amide bonds. The molecule has 29 heavy (non-hydrogen) atoms. The third-order valence-electron chi connectivity index (χ3n) is 6.63. The predicted octanol–water partition coefficient (Wildman–Crippen LogP) is 2.10. The Kier molecular flexibility index (Phi) is 6.42. The average molecular weight is 419 g/mol. The standard InChI is InChI=1S/C22H31ClN4O2/c1-17-5-6-20(23)19(15-17)22(29)27-9-7-24(8-10-27)16-21(28)26-13-11-25(12-14-26)18-3-2-4-18/h5-6,15,18H,2-4,7-14,16H2,1H3. The summed E-state index contributed by atoms with van der Waals surface area (Å²) in [4.78, 5) is 34.1. The number of halogens is 1. The van der Waals surface area contributed by atoms with E-state index in [2.05, 4.69) is 9.80 Å². The molecule has 2 saturated heterocycles. The Hall–Kier alpha value is -1.63. The highest BCUT2D eigenvalue weighted by Crippen LogP contribution is 2.25. The lowest BCUT2D eigenvalue weighted by molar-refractivity contribution is -0.135. The van der Waals surface area contributed by atoms with Crippen molar-refractivity contribution in [1.29, 1.82) is 0 Å². The molecule has 4 rings (SSSR count). The lowest BCUT2D eigenvalue weighted by Gasteiger charge is -2.43. The molecule has 0 bridgehead atoms. The van der Waals surface area contributed by atoms with E-state index >= 15 is 0 Å². The van der Waals surface area contributed by atoms with Crippen molar-refractivity contribution >= 4 is 23.4 Å².